The maximum Gasteiger partial charge on any atom is 0.0670 e. The molecule has 0 amide bonds. The lowest BCUT2D eigenvalue weighted by Gasteiger charge is -2.28. The highest BCUT2D eigenvalue weighted by molar-refractivity contribution is 5.55. The average molecular weight is 278 g/mol. The SMILES string of the molecule is COCCNCc1cc(C)ccc1N(C)C1CCOC1. The Morgan fingerprint density at radius 2 is 2.30 bits per heavy atom. The molecule has 4 heteroatoms. The lowest BCUT2D eigenvalue weighted by molar-refractivity contribution is 0.193. The van der Waals surface area contributed by atoms with Crippen LogP contribution in [0.1, 0.15) is 17.5 Å². The molecule has 112 valence electrons. The van der Waals surface area contributed by atoms with Crippen molar-refractivity contribution in [3.8, 4) is 0 Å². The number of hydrogen-bond donors (Lipinski definition) is 1. The van der Waals surface area contributed by atoms with Crippen LogP contribution < -0.4 is 10.2 Å². The second kappa shape index (κ2) is 7.62. The molecule has 0 saturated carbocycles. The molecule has 2 rings (SSSR count). The van der Waals surface area contributed by atoms with Crippen LogP contribution >= 0.6 is 0 Å². The van der Waals surface area contributed by atoms with Gasteiger partial charge in [0.05, 0.1) is 19.3 Å². The van der Waals surface area contributed by atoms with E-state index in [0.717, 1.165) is 39.3 Å². The topological polar surface area (TPSA) is 33.7 Å². The predicted molar refractivity (Wildman–Crippen MR) is 82.4 cm³/mol. The quantitative estimate of drug-likeness (QED) is 0.773. The van der Waals surface area contributed by atoms with E-state index in [-0.39, 0.29) is 0 Å². The van der Waals surface area contributed by atoms with E-state index in [1.807, 2.05) is 0 Å². The second-order valence-corrected chi connectivity index (χ2v) is 5.43. The molecule has 20 heavy (non-hydrogen) atoms. The molecular formula is C16H26N2O2. The van der Waals surface area contributed by atoms with Crippen LogP contribution in [0.4, 0.5) is 5.69 Å². The molecule has 0 aliphatic carbocycles. The standard InChI is InChI=1S/C16H26N2O2/c1-13-4-5-16(18(2)15-6-8-20-12-15)14(10-13)11-17-7-9-19-3/h4-5,10,15,17H,6-9,11-12H2,1-3H3. The van der Waals surface area contributed by atoms with Crippen LogP contribution in [-0.4, -0.2) is 46.6 Å². The van der Waals surface area contributed by atoms with E-state index in [1.165, 1.54) is 16.8 Å². The molecule has 1 aliphatic rings. The number of benzene rings is 1. The van der Waals surface area contributed by atoms with Gasteiger partial charge in [-0.3, -0.25) is 0 Å². The van der Waals surface area contributed by atoms with Crippen LogP contribution in [0.15, 0.2) is 18.2 Å². The average Bonchev–Trinajstić information content (AvgIpc) is 2.97. The van der Waals surface area contributed by atoms with Gasteiger partial charge < -0.3 is 19.7 Å². The third kappa shape index (κ3) is 3.95. The minimum absolute atomic E-state index is 0.496. The van der Waals surface area contributed by atoms with Crippen LogP contribution in [0, 0.1) is 6.92 Å². The molecule has 0 bridgehead atoms. The first-order valence-corrected chi connectivity index (χ1v) is 7.32. The molecule has 1 N–H and O–H groups in total. The van der Waals surface area contributed by atoms with E-state index in [0.29, 0.717) is 6.04 Å². The molecule has 1 aromatic rings. The van der Waals surface area contributed by atoms with Gasteiger partial charge in [-0.2, -0.15) is 0 Å². The van der Waals surface area contributed by atoms with Crippen molar-refractivity contribution in [2.24, 2.45) is 0 Å². The van der Waals surface area contributed by atoms with Crippen molar-refractivity contribution in [3.63, 3.8) is 0 Å². The first-order chi connectivity index (χ1) is 9.72. The number of likely N-dealkylation sites (N-methyl/N-ethyl adjacent to an activating group) is 1. The summed E-state index contributed by atoms with van der Waals surface area (Å²) in [6, 6.07) is 7.17. The zero-order valence-corrected chi connectivity index (χ0v) is 12.8. The third-order valence-corrected chi connectivity index (χ3v) is 3.87. The molecule has 1 unspecified atom stereocenters. The van der Waals surface area contributed by atoms with Crippen molar-refractivity contribution >= 4 is 5.69 Å². The number of nitrogens with zero attached hydrogens (tertiary/aromatic N) is 1. The number of methoxy groups -OCH3 is 1. The minimum Gasteiger partial charge on any atom is -0.383 e. The van der Waals surface area contributed by atoms with E-state index in [4.69, 9.17) is 9.47 Å². The zero-order chi connectivity index (χ0) is 14.4. The molecular weight excluding hydrogens is 252 g/mol. The summed E-state index contributed by atoms with van der Waals surface area (Å²) in [5.74, 6) is 0. The monoisotopic (exact) mass is 278 g/mol. The van der Waals surface area contributed by atoms with Gasteiger partial charge in [-0.1, -0.05) is 17.7 Å². The largest absolute Gasteiger partial charge is 0.383 e. The summed E-state index contributed by atoms with van der Waals surface area (Å²) in [7, 11) is 3.90. The first kappa shape index (κ1) is 15.3. The predicted octanol–water partition coefficient (Wildman–Crippen LogP) is 1.96. The minimum atomic E-state index is 0.496. The molecule has 1 aliphatic heterocycles. The second-order valence-electron chi connectivity index (χ2n) is 5.43. The van der Waals surface area contributed by atoms with Crippen LogP contribution in [0.3, 0.4) is 0 Å². The number of ether oxygens (including phenoxy) is 2. The van der Waals surface area contributed by atoms with E-state index >= 15 is 0 Å². The number of aryl methyl sites for hydroxylation is 1. The highest BCUT2D eigenvalue weighted by Gasteiger charge is 2.22. The van der Waals surface area contributed by atoms with Crippen molar-refractivity contribution in [1.29, 1.82) is 0 Å². The summed E-state index contributed by atoms with van der Waals surface area (Å²) in [5.41, 5.74) is 3.94. The summed E-state index contributed by atoms with van der Waals surface area (Å²) < 4.78 is 10.6. The van der Waals surface area contributed by atoms with E-state index < -0.39 is 0 Å². The number of anilines is 1. The summed E-state index contributed by atoms with van der Waals surface area (Å²) in [4.78, 5) is 2.36. The Morgan fingerprint density at radius 3 is 3.00 bits per heavy atom. The van der Waals surface area contributed by atoms with Crippen LogP contribution in [0.2, 0.25) is 0 Å². The zero-order valence-electron chi connectivity index (χ0n) is 12.8. The normalized spacial score (nSPS) is 18.4. The lowest BCUT2D eigenvalue weighted by Crippen LogP contribution is -2.33. The fourth-order valence-electron chi connectivity index (χ4n) is 2.62. The molecule has 1 fully saturated rings. The van der Waals surface area contributed by atoms with Gasteiger partial charge in [-0.05, 0) is 25.0 Å². The first-order valence-electron chi connectivity index (χ1n) is 7.32. The summed E-state index contributed by atoms with van der Waals surface area (Å²) in [6.07, 6.45) is 1.11. The van der Waals surface area contributed by atoms with Gasteiger partial charge in [0.2, 0.25) is 0 Å². The summed E-state index contributed by atoms with van der Waals surface area (Å²) in [6.45, 7) is 6.34. The Morgan fingerprint density at radius 1 is 1.45 bits per heavy atom. The van der Waals surface area contributed by atoms with Crippen molar-refractivity contribution in [2.45, 2.75) is 25.9 Å². The van der Waals surface area contributed by atoms with Gasteiger partial charge in [0.25, 0.3) is 0 Å². The van der Waals surface area contributed by atoms with Crippen molar-refractivity contribution in [3.05, 3.63) is 29.3 Å². The molecule has 1 atom stereocenters. The smallest absolute Gasteiger partial charge is 0.0670 e. The van der Waals surface area contributed by atoms with Crippen LogP contribution in [0.25, 0.3) is 0 Å². The maximum absolute atomic E-state index is 5.50. The van der Waals surface area contributed by atoms with Crippen LogP contribution in [0.5, 0.6) is 0 Å². The van der Waals surface area contributed by atoms with Gasteiger partial charge in [-0.15, -0.1) is 0 Å². The Bertz CT molecular complexity index is 417. The molecule has 1 heterocycles. The van der Waals surface area contributed by atoms with Gasteiger partial charge >= 0.3 is 0 Å². The van der Waals surface area contributed by atoms with Crippen molar-refractivity contribution in [1.82, 2.24) is 5.32 Å². The Balaban J connectivity index is 2.06. The lowest BCUT2D eigenvalue weighted by atomic mass is 10.1. The fourth-order valence-corrected chi connectivity index (χ4v) is 2.62. The van der Waals surface area contributed by atoms with Gasteiger partial charge in [0, 0.05) is 39.5 Å². The molecule has 4 nitrogen and oxygen atoms in total. The van der Waals surface area contributed by atoms with Crippen molar-refractivity contribution < 1.29 is 9.47 Å². The van der Waals surface area contributed by atoms with E-state index in [1.54, 1.807) is 7.11 Å². The van der Waals surface area contributed by atoms with Crippen LogP contribution in [-0.2, 0) is 16.0 Å². The molecule has 1 aromatic carbocycles. The summed E-state index contributed by atoms with van der Waals surface area (Å²) in [5, 5.41) is 3.43. The Labute approximate surface area is 122 Å². The van der Waals surface area contributed by atoms with Gasteiger partial charge in [-0.25, -0.2) is 0 Å². The highest BCUT2D eigenvalue weighted by atomic mass is 16.5. The van der Waals surface area contributed by atoms with E-state index in [2.05, 4.69) is 42.4 Å². The number of hydrogen-bond acceptors (Lipinski definition) is 4. The van der Waals surface area contributed by atoms with Crippen molar-refractivity contribution in [2.75, 3.05) is 45.4 Å². The molecule has 0 spiro atoms. The highest BCUT2D eigenvalue weighted by Crippen LogP contribution is 2.25. The molecule has 1 saturated heterocycles. The Hall–Kier alpha value is -1.10. The fraction of sp³-hybridized carbons (Fsp3) is 0.625. The number of rotatable bonds is 7. The Kier molecular flexibility index (Phi) is 5.83. The third-order valence-electron chi connectivity index (χ3n) is 3.87. The van der Waals surface area contributed by atoms with E-state index in [9.17, 15) is 0 Å². The maximum atomic E-state index is 5.50. The summed E-state index contributed by atoms with van der Waals surface area (Å²) >= 11 is 0. The number of nitrogens with one attached hydrogen (secondary N) is 1. The van der Waals surface area contributed by atoms with Gasteiger partial charge in [0.15, 0.2) is 0 Å². The van der Waals surface area contributed by atoms with Gasteiger partial charge in [0.1, 0.15) is 0 Å². The molecule has 0 radical (unpaired) electrons. The molecule has 0 aromatic heterocycles.